The summed E-state index contributed by atoms with van der Waals surface area (Å²) in [5.74, 6) is 0.535. The van der Waals surface area contributed by atoms with Crippen molar-refractivity contribution in [2.75, 3.05) is 13.1 Å². The molecule has 0 aliphatic heterocycles. The molecule has 0 fully saturated rings. The SMILES string of the molecule is CCCCC(=O)NCC(C)CN. The van der Waals surface area contributed by atoms with Gasteiger partial charge in [-0.25, -0.2) is 0 Å². The van der Waals surface area contributed by atoms with E-state index >= 15 is 0 Å². The van der Waals surface area contributed by atoms with Crippen LogP contribution < -0.4 is 11.1 Å². The van der Waals surface area contributed by atoms with Crippen LogP contribution in [0.4, 0.5) is 0 Å². The maximum atomic E-state index is 11.1. The molecule has 0 aromatic heterocycles. The maximum Gasteiger partial charge on any atom is 0.220 e. The van der Waals surface area contributed by atoms with Crippen LogP contribution in [0.25, 0.3) is 0 Å². The maximum absolute atomic E-state index is 11.1. The Bertz CT molecular complexity index is 126. The lowest BCUT2D eigenvalue weighted by Gasteiger charge is -2.09. The Balaban J connectivity index is 3.31. The molecule has 3 N–H and O–H groups in total. The molecule has 72 valence electrons. The van der Waals surface area contributed by atoms with Gasteiger partial charge in [0.05, 0.1) is 0 Å². The van der Waals surface area contributed by atoms with Gasteiger partial charge in [-0.1, -0.05) is 20.3 Å². The van der Waals surface area contributed by atoms with Crippen LogP contribution in [0.5, 0.6) is 0 Å². The number of rotatable bonds is 6. The van der Waals surface area contributed by atoms with Gasteiger partial charge >= 0.3 is 0 Å². The predicted molar refractivity (Wildman–Crippen MR) is 50.8 cm³/mol. The van der Waals surface area contributed by atoms with Gasteiger partial charge in [-0.2, -0.15) is 0 Å². The first-order chi connectivity index (χ1) is 5.70. The summed E-state index contributed by atoms with van der Waals surface area (Å²) in [6, 6.07) is 0. The summed E-state index contributed by atoms with van der Waals surface area (Å²) >= 11 is 0. The summed E-state index contributed by atoms with van der Waals surface area (Å²) in [5.41, 5.74) is 5.41. The highest BCUT2D eigenvalue weighted by atomic mass is 16.1. The fraction of sp³-hybridized carbons (Fsp3) is 0.889. The van der Waals surface area contributed by atoms with Gasteiger partial charge in [0.2, 0.25) is 5.91 Å². The molecule has 0 saturated carbocycles. The summed E-state index contributed by atoms with van der Waals surface area (Å²) in [6.45, 7) is 5.45. The van der Waals surface area contributed by atoms with Crippen molar-refractivity contribution in [3.8, 4) is 0 Å². The molecule has 12 heavy (non-hydrogen) atoms. The van der Waals surface area contributed by atoms with Crippen molar-refractivity contribution in [1.29, 1.82) is 0 Å². The molecule has 0 spiro atoms. The van der Waals surface area contributed by atoms with E-state index in [1.807, 2.05) is 6.92 Å². The van der Waals surface area contributed by atoms with Gasteiger partial charge in [0, 0.05) is 13.0 Å². The van der Waals surface area contributed by atoms with Crippen molar-refractivity contribution in [2.45, 2.75) is 33.1 Å². The monoisotopic (exact) mass is 172 g/mol. The molecule has 1 unspecified atom stereocenters. The van der Waals surface area contributed by atoms with E-state index in [2.05, 4.69) is 12.2 Å². The first-order valence-electron chi connectivity index (χ1n) is 4.67. The van der Waals surface area contributed by atoms with E-state index in [0.717, 1.165) is 12.8 Å². The first kappa shape index (κ1) is 11.4. The third kappa shape index (κ3) is 6.16. The highest BCUT2D eigenvalue weighted by molar-refractivity contribution is 5.75. The van der Waals surface area contributed by atoms with Crippen molar-refractivity contribution in [3.05, 3.63) is 0 Å². The van der Waals surface area contributed by atoms with Crippen molar-refractivity contribution >= 4 is 5.91 Å². The van der Waals surface area contributed by atoms with E-state index in [1.165, 1.54) is 0 Å². The molecular weight excluding hydrogens is 152 g/mol. The molecule has 3 heteroatoms. The van der Waals surface area contributed by atoms with Crippen LogP contribution in [0.3, 0.4) is 0 Å². The quantitative estimate of drug-likeness (QED) is 0.625. The standard InChI is InChI=1S/C9H20N2O/c1-3-4-5-9(12)11-7-8(2)6-10/h8H,3-7,10H2,1-2H3,(H,11,12). The van der Waals surface area contributed by atoms with Gasteiger partial charge in [-0.05, 0) is 18.9 Å². The number of carbonyl (C=O) groups excluding carboxylic acids is 1. The molecular formula is C9H20N2O. The number of carbonyl (C=O) groups is 1. The van der Waals surface area contributed by atoms with Gasteiger partial charge in [0.1, 0.15) is 0 Å². The van der Waals surface area contributed by atoms with Crippen LogP contribution in [0, 0.1) is 5.92 Å². The minimum atomic E-state index is 0.150. The molecule has 0 rings (SSSR count). The zero-order chi connectivity index (χ0) is 9.40. The summed E-state index contributed by atoms with van der Waals surface area (Å²) < 4.78 is 0. The first-order valence-corrected chi connectivity index (χ1v) is 4.67. The lowest BCUT2D eigenvalue weighted by atomic mass is 10.2. The highest BCUT2D eigenvalue weighted by Gasteiger charge is 2.02. The average molecular weight is 172 g/mol. The Labute approximate surface area is 74.7 Å². The zero-order valence-electron chi connectivity index (χ0n) is 8.10. The van der Waals surface area contributed by atoms with E-state index < -0.39 is 0 Å². The minimum Gasteiger partial charge on any atom is -0.356 e. The van der Waals surface area contributed by atoms with Crippen molar-refractivity contribution in [2.24, 2.45) is 11.7 Å². The Hall–Kier alpha value is -0.570. The van der Waals surface area contributed by atoms with Gasteiger partial charge in [0.15, 0.2) is 0 Å². The molecule has 0 aliphatic carbocycles. The van der Waals surface area contributed by atoms with Crippen molar-refractivity contribution < 1.29 is 4.79 Å². The molecule has 0 aliphatic rings. The molecule has 0 radical (unpaired) electrons. The van der Waals surface area contributed by atoms with E-state index in [4.69, 9.17) is 5.73 Å². The van der Waals surface area contributed by atoms with Crippen molar-refractivity contribution in [3.63, 3.8) is 0 Å². The zero-order valence-corrected chi connectivity index (χ0v) is 8.10. The lowest BCUT2D eigenvalue weighted by molar-refractivity contribution is -0.121. The van der Waals surface area contributed by atoms with Crippen LogP contribution >= 0.6 is 0 Å². The smallest absolute Gasteiger partial charge is 0.220 e. The number of nitrogens with one attached hydrogen (secondary N) is 1. The Morgan fingerprint density at radius 1 is 1.58 bits per heavy atom. The van der Waals surface area contributed by atoms with E-state index in [9.17, 15) is 4.79 Å². The van der Waals surface area contributed by atoms with Crippen LogP contribution in [0.15, 0.2) is 0 Å². The van der Waals surface area contributed by atoms with E-state index in [-0.39, 0.29) is 5.91 Å². The number of hydrogen-bond donors (Lipinski definition) is 2. The minimum absolute atomic E-state index is 0.150. The second kappa shape index (κ2) is 7.10. The highest BCUT2D eigenvalue weighted by Crippen LogP contribution is 1.94. The summed E-state index contributed by atoms with van der Waals surface area (Å²) in [4.78, 5) is 11.1. The largest absolute Gasteiger partial charge is 0.356 e. The Kier molecular flexibility index (Phi) is 6.76. The summed E-state index contributed by atoms with van der Waals surface area (Å²) in [6.07, 6.45) is 2.69. The fourth-order valence-electron chi connectivity index (χ4n) is 0.797. The second-order valence-electron chi connectivity index (χ2n) is 3.25. The molecule has 0 saturated heterocycles. The van der Waals surface area contributed by atoms with Crippen molar-refractivity contribution in [1.82, 2.24) is 5.32 Å². The number of amides is 1. The number of unbranched alkanes of at least 4 members (excludes halogenated alkanes) is 1. The molecule has 0 aromatic rings. The lowest BCUT2D eigenvalue weighted by Crippen LogP contribution is -2.30. The topological polar surface area (TPSA) is 55.1 Å². The van der Waals surface area contributed by atoms with E-state index in [0.29, 0.717) is 25.4 Å². The molecule has 1 atom stereocenters. The molecule has 0 heterocycles. The van der Waals surface area contributed by atoms with Gasteiger partial charge in [0.25, 0.3) is 0 Å². The van der Waals surface area contributed by atoms with Crippen LogP contribution in [0.1, 0.15) is 33.1 Å². The fourth-order valence-corrected chi connectivity index (χ4v) is 0.797. The number of nitrogens with two attached hydrogens (primary N) is 1. The summed E-state index contributed by atoms with van der Waals surface area (Å²) in [7, 11) is 0. The van der Waals surface area contributed by atoms with Crippen LogP contribution in [-0.4, -0.2) is 19.0 Å². The Morgan fingerprint density at radius 2 is 2.25 bits per heavy atom. The summed E-state index contributed by atoms with van der Waals surface area (Å²) in [5, 5.41) is 2.85. The Morgan fingerprint density at radius 3 is 2.75 bits per heavy atom. The van der Waals surface area contributed by atoms with Gasteiger partial charge in [-0.3, -0.25) is 4.79 Å². The predicted octanol–water partition coefficient (Wildman–Crippen LogP) is 0.888. The van der Waals surface area contributed by atoms with Gasteiger partial charge < -0.3 is 11.1 Å². The van der Waals surface area contributed by atoms with Gasteiger partial charge in [-0.15, -0.1) is 0 Å². The second-order valence-corrected chi connectivity index (χ2v) is 3.25. The van der Waals surface area contributed by atoms with E-state index in [1.54, 1.807) is 0 Å². The molecule has 1 amide bonds. The molecule has 0 aromatic carbocycles. The molecule has 3 nitrogen and oxygen atoms in total. The average Bonchev–Trinajstić information content (AvgIpc) is 2.10. The van der Waals surface area contributed by atoms with Crippen LogP contribution in [0.2, 0.25) is 0 Å². The normalized spacial score (nSPS) is 12.6. The van der Waals surface area contributed by atoms with Crippen LogP contribution in [-0.2, 0) is 4.79 Å². The third-order valence-electron chi connectivity index (χ3n) is 1.81. The third-order valence-corrected chi connectivity index (χ3v) is 1.81. The molecule has 0 bridgehead atoms. The number of hydrogen-bond acceptors (Lipinski definition) is 2.